The minimum Gasteiger partial charge on any atom is -0.456 e. The van der Waals surface area contributed by atoms with Crippen LogP contribution in [0, 0.1) is 0 Å². The summed E-state index contributed by atoms with van der Waals surface area (Å²) in [7, 11) is 0. The first-order chi connectivity index (χ1) is 30.0. The SMILES string of the molecule is CC(C)(C)c1ccc(N2B3c4cc5c(cc4-n4c6ccc7oc8ccccc8c7c6c6ccc(c3c64)-c3cc4sc6ccc(C(C)(C)C)cc6c4cc32)oc2ccccc25)cc1. The van der Waals surface area contributed by atoms with Crippen LogP contribution in [0.5, 0.6) is 0 Å². The van der Waals surface area contributed by atoms with Crippen LogP contribution in [0.15, 0.2) is 148 Å². The fourth-order valence-corrected chi connectivity index (χ4v) is 12.2. The van der Waals surface area contributed by atoms with Crippen molar-refractivity contribution in [2.75, 3.05) is 4.81 Å². The summed E-state index contributed by atoms with van der Waals surface area (Å²) in [6.45, 7) is 13.7. The Morgan fingerprint density at radius 3 is 1.98 bits per heavy atom. The summed E-state index contributed by atoms with van der Waals surface area (Å²) >= 11 is 1.91. The van der Waals surface area contributed by atoms with E-state index < -0.39 is 0 Å². The van der Waals surface area contributed by atoms with E-state index in [0.717, 1.165) is 44.2 Å². The van der Waals surface area contributed by atoms with Gasteiger partial charge in [-0.3, -0.25) is 0 Å². The van der Waals surface area contributed by atoms with Gasteiger partial charge < -0.3 is 18.2 Å². The molecule has 14 rings (SSSR count). The molecule has 0 radical (unpaired) electrons. The molecular weight excluding hydrogens is 776 g/mol. The van der Waals surface area contributed by atoms with Gasteiger partial charge >= 0.3 is 6.85 Å². The Kier molecular flexibility index (Phi) is 6.52. The number of nitrogens with zero attached hydrogens (tertiary/aromatic N) is 2. The third kappa shape index (κ3) is 4.47. The molecule has 62 heavy (non-hydrogen) atoms. The van der Waals surface area contributed by atoms with Crippen LogP contribution < -0.4 is 15.7 Å². The first-order valence-corrected chi connectivity index (χ1v) is 22.6. The monoisotopic (exact) mass is 816 g/mol. The molecule has 0 unspecified atom stereocenters. The molecule has 6 heterocycles. The summed E-state index contributed by atoms with van der Waals surface area (Å²) in [5.74, 6) is 0. The Morgan fingerprint density at radius 2 is 1.19 bits per heavy atom. The van der Waals surface area contributed by atoms with Crippen molar-refractivity contribution in [3.8, 4) is 16.8 Å². The van der Waals surface area contributed by atoms with E-state index in [9.17, 15) is 0 Å². The van der Waals surface area contributed by atoms with Crippen molar-refractivity contribution >= 4 is 126 Å². The fourth-order valence-electron chi connectivity index (χ4n) is 11.1. The lowest BCUT2D eigenvalue weighted by Crippen LogP contribution is -2.60. The normalized spacial score (nSPS) is 13.9. The minimum atomic E-state index is -0.129. The van der Waals surface area contributed by atoms with Gasteiger partial charge in [-0.15, -0.1) is 11.3 Å². The number of fused-ring (bicyclic) bond motifs is 18. The number of benzene rings is 8. The molecule has 296 valence electrons. The first-order valence-electron chi connectivity index (χ1n) is 21.8. The van der Waals surface area contributed by atoms with E-state index in [-0.39, 0.29) is 17.7 Å². The first kappa shape index (κ1) is 34.9. The van der Waals surface area contributed by atoms with E-state index in [0.29, 0.717) is 0 Å². The van der Waals surface area contributed by atoms with Crippen LogP contribution in [0.4, 0.5) is 11.4 Å². The van der Waals surface area contributed by atoms with E-state index in [1.807, 2.05) is 11.3 Å². The number of para-hydroxylation sites is 2. The zero-order chi connectivity index (χ0) is 41.6. The van der Waals surface area contributed by atoms with Crippen LogP contribution >= 0.6 is 11.3 Å². The molecule has 0 amide bonds. The summed E-state index contributed by atoms with van der Waals surface area (Å²) in [6, 6.07) is 52.5. The molecule has 2 aliphatic heterocycles. The molecule has 0 spiro atoms. The van der Waals surface area contributed by atoms with Gasteiger partial charge in [-0.1, -0.05) is 114 Å². The third-order valence-electron chi connectivity index (χ3n) is 14.1. The van der Waals surface area contributed by atoms with Gasteiger partial charge in [0.2, 0.25) is 0 Å². The third-order valence-corrected chi connectivity index (χ3v) is 15.2. The number of hydrogen-bond donors (Lipinski definition) is 0. The van der Waals surface area contributed by atoms with Crippen molar-refractivity contribution in [3.63, 3.8) is 0 Å². The summed E-state index contributed by atoms with van der Waals surface area (Å²) in [4.78, 5) is 2.66. The maximum Gasteiger partial charge on any atom is 0.333 e. The van der Waals surface area contributed by atoms with Crippen LogP contribution in [0.25, 0.3) is 103 Å². The van der Waals surface area contributed by atoms with Gasteiger partial charge in [0.05, 0.1) is 11.0 Å². The second kappa shape index (κ2) is 11.6. The van der Waals surface area contributed by atoms with Crippen molar-refractivity contribution < 1.29 is 8.83 Å². The lowest BCUT2D eigenvalue weighted by atomic mass is 9.44. The molecule has 0 saturated carbocycles. The van der Waals surface area contributed by atoms with Crippen LogP contribution in [0.3, 0.4) is 0 Å². The van der Waals surface area contributed by atoms with E-state index in [2.05, 4.69) is 190 Å². The highest BCUT2D eigenvalue weighted by molar-refractivity contribution is 7.25. The summed E-state index contributed by atoms with van der Waals surface area (Å²) in [5.41, 5.74) is 17.5. The highest BCUT2D eigenvalue weighted by Gasteiger charge is 2.45. The van der Waals surface area contributed by atoms with E-state index in [4.69, 9.17) is 8.83 Å². The second-order valence-electron chi connectivity index (χ2n) is 19.7. The smallest absolute Gasteiger partial charge is 0.333 e. The van der Waals surface area contributed by atoms with E-state index in [1.54, 1.807) is 0 Å². The van der Waals surface area contributed by atoms with Gasteiger partial charge in [0.15, 0.2) is 0 Å². The number of anilines is 2. The predicted octanol–water partition coefficient (Wildman–Crippen LogP) is 14.8. The van der Waals surface area contributed by atoms with Crippen molar-refractivity contribution in [1.82, 2.24) is 4.57 Å². The number of rotatable bonds is 1. The molecular formula is C56H41BN2O2S. The van der Waals surface area contributed by atoms with Crippen LogP contribution in [-0.2, 0) is 10.8 Å². The molecule has 0 fully saturated rings. The predicted molar refractivity (Wildman–Crippen MR) is 265 cm³/mol. The van der Waals surface area contributed by atoms with E-state index >= 15 is 0 Å². The number of thiophene rings is 1. The second-order valence-corrected chi connectivity index (χ2v) is 20.8. The highest BCUT2D eigenvalue weighted by Crippen LogP contribution is 2.50. The van der Waals surface area contributed by atoms with E-state index in [1.165, 1.54) is 91.9 Å². The molecule has 0 aliphatic carbocycles. The summed E-state index contributed by atoms with van der Waals surface area (Å²) in [6.07, 6.45) is 0. The van der Waals surface area contributed by atoms with Gasteiger partial charge in [-0.2, -0.15) is 0 Å². The maximum atomic E-state index is 6.70. The molecule has 0 bridgehead atoms. The van der Waals surface area contributed by atoms with Gasteiger partial charge in [0.1, 0.15) is 22.3 Å². The Balaban J connectivity index is 1.17. The molecule has 4 nitrogen and oxygen atoms in total. The van der Waals surface area contributed by atoms with Crippen LogP contribution in [-0.4, -0.2) is 11.4 Å². The van der Waals surface area contributed by atoms with Gasteiger partial charge in [0, 0.05) is 81.2 Å². The van der Waals surface area contributed by atoms with Crippen LogP contribution in [0.2, 0.25) is 0 Å². The highest BCUT2D eigenvalue weighted by atomic mass is 32.1. The largest absolute Gasteiger partial charge is 0.456 e. The minimum absolute atomic E-state index is 0.0263. The molecule has 6 heteroatoms. The molecule has 0 N–H and O–H groups in total. The number of furan rings is 2. The van der Waals surface area contributed by atoms with Crippen molar-refractivity contribution in [3.05, 3.63) is 151 Å². The van der Waals surface area contributed by atoms with Crippen molar-refractivity contribution in [2.24, 2.45) is 0 Å². The quantitative estimate of drug-likeness (QED) is 0.155. The molecule has 4 aromatic heterocycles. The maximum absolute atomic E-state index is 6.70. The number of aromatic nitrogens is 1. The Morgan fingerprint density at radius 1 is 0.484 bits per heavy atom. The molecule has 0 saturated heterocycles. The molecule has 0 atom stereocenters. The zero-order valence-corrected chi connectivity index (χ0v) is 36.3. The molecule has 8 aromatic carbocycles. The average molecular weight is 817 g/mol. The average Bonchev–Trinajstić information content (AvgIpc) is 4.02. The summed E-state index contributed by atoms with van der Waals surface area (Å²) in [5, 5.41) is 9.68. The Labute approximate surface area is 362 Å². The Bertz CT molecular complexity index is 3960. The topological polar surface area (TPSA) is 34.5 Å². The van der Waals surface area contributed by atoms with Gasteiger partial charge in [-0.25, -0.2) is 0 Å². The standard InChI is InChI=1S/C56H41BN2O2S/c1-55(2,3)30-15-18-32(19-16-30)59-43-27-40-39-25-31(56(4,5)6)17-24-49(39)62-50(40)28-37(43)34-20-21-36-51-42(22-23-47-52(51)35-12-8-10-14-46(35)60-47)58-44-29-48-38(33-11-7-9-13-45(33)61-48)26-41(44)57(59)53(34)54(36)58/h7-29H,1-6H3. The van der Waals surface area contributed by atoms with Crippen LogP contribution in [0.1, 0.15) is 52.7 Å². The fraction of sp³-hybridized carbons (Fsp3) is 0.143. The zero-order valence-electron chi connectivity index (χ0n) is 35.5. The number of hydrogen-bond acceptors (Lipinski definition) is 4. The molecule has 2 aliphatic rings. The Hall–Kier alpha value is -6.76. The summed E-state index contributed by atoms with van der Waals surface area (Å²) < 4.78 is 18.4. The van der Waals surface area contributed by atoms with Crippen molar-refractivity contribution in [1.29, 1.82) is 0 Å². The van der Waals surface area contributed by atoms with Gasteiger partial charge in [0.25, 0.3) is 0 Å². The lowest BCUT2D eigenvalue weighted by molar-refractivity contribution is 0.590. The molecule has 12 aromatic rings. The van der Waals surface area contributed by atoms with Gasteiger partial charge in [-0.05, 0) is 99.1 Å². The van der Waals surface area contributed by atoms with Crippen molar-refractivity contribution in [2.45, 2.75) is 52.4 Å². The lowest BCUT2D eigenvalue weighted by Gasteiger charge is -2.42.